The largest absolute Gasteiger partial charge is 0.395 e. The molecule has 3 N–H and O–H groups in total. The first kappa shape index (κ1) is 26.4. The SMILES string of the molecule is Cc1ccc(NC(=O)c2ccc(CN3CCN(CCO)CC3)cc2)cc1Nc1nccc(-c2cccnc2)n1. The maximum atomic E-state index is 13.0. The van der Waals surface area contributed by atoms with Gasteiger partial charge in [0.25, 0.3) is 5.91 Å². The van der Waals surface area contributed by atoms with Gasteiger partial charge in [0, 0.05) is 80.4 Å². The summed E-state index contributed by atoms with van der Waals surface area (Å²) < 4.78 is 0. The number of nitrogens with one attached hydrogen (secondary N) is 2. The maximum absolute atomic E-state index is 13.0. The maximum Gasteiger partial charge on any atom is 0.255 e. The topological polar surface area (TPSA) is 107 Å². The highest BCUT2D eigenvalue weighted by atomic mass is 16.3. The van der Waals surface area contributed by atoms with Gasteiger partial charge in [-0.15, -0.1) is 0 Å². The third-order valence-electron chi connectivity index (χ3n) is 6.86. The number of anilines is 3. The number of carbonyl (C=O) groups is 1. The van der Waals surface area contributed by atoms with E-state index in [0.717, 1.165) is 61.8 Å². The Kier molecular flexibility index (Phi) is 8.52. The van der Waals surface area contributed by atoms with Crippen molar-refractivity contribution in [3.63, 3.8) is 0 Å². The van der Waals surface area contributed by atoms with Gasteiger partial charge in [-0.3, -0.25) is 19.6 Å². The minimum atomic E-state index is -0.163. The van der Waals surface area contributed by atoms with Crippen LogP contribution in [-0.4, -0.2) is 75.1 Å². The fourth-order valence-corrected chi connectivity index (χ4v) is 4.58. The second-order valence-electron chi connectivity index (χ2n) is 9.65. The second-order valence-corrected chi connectivity index (χ2v) is 9.65. The van der Waals surface area contributed by atoms with Crippen molar-refractivity contribution in [1.29, 1.82) is 0 Å². The van der Waals surface area contributed by atoms with Crippen LogP contribution >= 0.6 is 0 Å². The molecule has 39 heavy (non-hydrogen) atoms. The highest BCUT2D eigenvalue weighted by Crippen LogP contribution is 2.25. The number of piperazine rings is 1. The zero-order chi connectivity index (χ0) is 27.0. The van der Waals surface area contributed by atoms with E-state index in [1.165, 1.54) is 5.56 Å². The van der Waals surface area contributed by atoms with E-state index >= 15 is 0 Å². The van der Waals surface area contributed by atoms with Crippen molar-refractivity contribution in [3.05, 3.63) is 95.9 Å². The number of β-amino-alcohol motifs (C(OH)–C–C–N with tert-alkyl or cyclic N) is 1. The monoisotopic (exact) mass is 523 g/mol. The number of amides is 1. The first-order chi connectivity index (χ1) is 19.1. The van der Waals surface area contributed by atoms with E-state index in [1.807, 2.05) is 67.6 Å². The van der Waals surface area contributed by atoms with E-state index < -0.39 is 0 Å². The summed E-state index contributed by atoms with van der Waals surface area (Å²) in [5.74, 6) is 0.303. The number of hydrogen-bond donors (Lipinski definition) is 3. The average Bonchev–Trinajstić information content (AvgIpc) is 2.97. The minimum absolute atomic E-state index is 0.163. The van der Waals surface area contributed by atoms with Gasteiger partial charge in [-0.05, 0) is 60.5 Å². The lowest BCUT2D eigenvalue weighted by molar-refractivity contribution is 0.102. The van der Waals surface area contributed by atoms with E-state index in [1.54, 1.807) is 18.6 Å². The van der Waals surface area contributed by atoms with Gasteiger partial charge in [0.15, 0.2) is 0 Å². The Morgan fingerprint density at radius 2 is 1.77 bits per heavy atom. The zero-order valence-corrected chi connectivity index (χ0v) is 22.0. The lowest BCUT2D eigenvalue weighted by Gasteiger charge is -2.34. The second kappa shape index (κ2) is 12.6. The molecule has 0 saturated carbocycles. The predicted molar refractivity (Wildman–Crippen MR) is 153 cm³/mol. The van der Waals surface area contributed by atoms with Crippen molar-refractivity contribution in [2.45, 2.75) is 13.5 Å². The van der Waals surface area contributed by atoms with Crippen molar-refractivity contribution >= 4 is 23.2 Å². The fourth-order valence-electron chi connectivity index (χ4n) is 4.58. The summed E-state index contributed by atoms with van der Waals surface area (Å²) in [5.41, 5.74) is 5.96. The third-order valence-corrected chi connectivity index (χ3v) is 6.86. The summed E-state index contributed by atoms with van der Waals surface area (Å²) in [6, 6.07) is 19.2. The van der Waals surface area contributed by atoms with Gasteiger partial charge in [-0.25, -0.2) is 9.97 Å². The van der Waals surface area contributed by atoms with Crippen LogP contribution in [0.25, 0.3) is 11.3 Å². The van der Waals surface area contributed by atoms with Crippen LogP contribution in [0.2, 0.25) is 0 Å². The molecule has 2 aromatic heterocycles. The number of aryl methyl sites for hydroxylation is 1. The molecule has 1 saturated heterocycles. The van der Waals surface area contributed by atoms with Gasteiger partial charge in [-0.1, -0.05) is 18.2 Å². The minimum Gasteiger partial charge on any atom is -0.395 e. The molecule has 2 aromatic carbocycles. The number of nitrogens with zero attached hydrogens (tertiary/aromatic N) is 5. The fraction of sp³-hybridized carbons (Fsp3) is 0.267. The van der Waals surface area contributed by atoms with Crippen LogP contribution in [0.15, 0.2) is 79.3 Å². The highest BCUT2D eigenvalue weighted by Gasteiger charge is 2.16. The van der Waals surface area contributed by atoms with Crippen LogP contribution in [0, 0.1) is 6.92 Å². The third kappa shape index (κ3) is 7.02. The Morgan fingerprint density at radius 1 is 0.974 bits per heavy atom. The predicted octanol–water partition coefficient (Wildman–Crippen LogP) is 3.95. The number of aliphatic hydroxyl groups is 1. The molecular formula is C30H33N7O2. The Balaban J connectivity index is 1.20. The summed E-state index contributed by atoms with van der Waals surface area (Å²) in [5, 5.41) is 15.4. The van der Waals surface area contributed by atoms with Crippen molar-refractivity contribution in [2.75, 3.05) is 50.0 Å². The van der Waals surface area contributed by atoms with E-state index in [2.05, 4.69) is 35.4 Å². The average molecular weight is 524 g/mol. The van der Waals surface area contributed by atoms with Gasteiger partial charge < -0.3 is 15.7 Å². The Hall–Kier alpha value is -4.18. The van der Waals surface area contributed by atoms with Crippen LogP contribution in [-0.2, 0) is 6.54 Å². The highest BCUT2D eigenvalue weighted by molar-refractivity contribution is 6.04. The summed E-state index contributed by atoms with van der Waals surface area (Å²) in [6.07, 6.45) is 5.20. The number of hydrogen-bond acceptors (Lipinski definition) is 8. The molecule has 0 atom stereocenters. The molecule has 1 aliphatic rings. The summed E-state index contributed by atoms with van der Waals surface area (Å²) in [4.78, 5) is 30.8. The standard InChI is InChI=1S/C30H33N7O2/c1-22-4-9-26(19-28(22)35-30-32-12-10-27(34-30)25-3-2-11-31-20-25)33-29(39)24-7-5-23(6-8-24)21-37-15-13-36(14-16-37)17-18-38/h2-12,19-20,38H,13-18,21H2,1H3,(H,33,39)(H,32,34,35). The van der Waals surface area contributed by atoms with Crippen molar-refractivity contribution in [1.82, 2.24) is 24.8 Å². The molecule has 1 fully saturated rings. The summed E-state index contributed by atoms with van der Waals surface area (Å²) in [7, 11) is 0. The molecule has 0 unspecified atom stereocenters. The lowest BCUT2D eigenvalue weighted by Crippen LogP contribution is -2.46. The smallest absolute Gasteiger partial charge is 0.255 e. The molecule has 1 aliphatic heterocycles. The Bertz CT molecular complexity index is 1390. The van der Waals surface area contributed by atoms with Gasteiger partial charge in [0.2, 0.25) is 5.95 Å². The lowest BCUT2D eigenvalue weighted by atomic mass is 10.1. The van der Waals surface area contributed by atoms with Gasteiger partial charge in [-0.2, -0.15) is 0 Å². The van der Waals surface area contributed by atoms with Crippen LogP contribution < -0.4 is 10.6 Å². The first-order valence-electron chi connectivity index (χ1n) is 13.1. The first-order valence-corrected chi connectivity index (χ1v) is 13.1. The molecule has 200 valence electrons. The van der Waals surface area contributed by atoms with Crippen LogP contribution in [0.1, 0.15) is 21.5 Å². The molecule has 0 aliphatic carbocycles. The van der Waals surface area contributed by atoms with E-state index in [4.69, 9.17) is 5.11 Å². The van der Waals surface area contributed by atoms with Crippen LogP contribution in [0.5, 0.6) is 0 Å². The molecule has 0 radical (unpaired) electrons. The number of aliphatic hydroxyl groups excluding tert-OH is 1. The number of pyridine rings is 1. The summed E-state index contributed by atoms with van der Waals surface area (Å²) in [6.45, 7) is 7.68. The molecule has 1 amide bonds. The van der Waals surface area contributed by atoms with E-state index in [9.17, 15) is 4.79 Å². The molecule has 3 heterocycles. The summed E-state index contributed by atoms with van der Waals surface area (Å²) >= 11 is 0. The molecule has 9 heteroatoms. The molecule has 0 bridgehead atoms. The number of carbonyl (C=O) groups excluding carboxylic acids is 1. The molecule has 0 spiro atoms. The zero-order valence-electron chi connectivity index (χ0n) is 22.0. The molecular weight excluding hydrogens is 490 g/mol. The van der Waals surface area contributed by atoms with Gasteiger partial charge in [0.1, 0.15) is 0 Å². The molecule has 5 rings (SSSR count). The molecule has 9 nitrogen and oxygen atoms in total. The Labute approximate surface area is 228 Å². The van der Waals surface area contributed by atoms with Gasteiger partial charge >= 0.3 is 0 Å². The van der Waals surface area contributed by atoms with Crippen molar-refractivity contribution in [2.24, 2.45) is 0 Å². The number of aromatic nitrogens is 3. The van der Waals surface area contributed by atoms with Crippen LogP contribution in [0.4, 0.5) is 17.3 Å². The van der Waals surface area contributed by atoms with E-state index in [-0.39, 0.29) is 12.5 Å². The van der Waals surface area contributed by atoms with Crippen molar-refractivity contribution in [3.8, 4) is 11.3 Å². The van der Waals surface area contributed by atoms with Crippen molar-refractivity contribution < 1.29 is 9.90 Å². The van der Waals surface area contributed by atoms with Gasteiger partial charge in [0.05, 0.1) is 12.3 Å². The van der Waals surface area contributed by atoms with E-state index in [0.29, 0.717) is 17.2 Å². The Morgan fingerprint density at radius 3 is 2.51 bits per heavy atom. The number of benzene rings is 2. The number of rotatable bonds is 9. The van der Waals surface area contributed by atoms with Crippen LogP contribution in [0.3, 0.4) is 0 Å². The quantitative estimate of drug-likeness (QED) is 0.303. The normalized spacial score (nSPS) is 14.2. The molecule has 4 aromatic rings.